The van der Waals surface area contributed by atoms with Crippen molar-refractivity contribution in [3.05, 3.63) is 59.7 Å². The van der Waals surface area contributed by atoms with E-state index in [0.717, 1.165) is 5.56 Å². The lowest BCUT2D eigenvalue weighted by molar-refractivity contribution is 0.265. The van der Waals surface area contributed by atoms with Crippen LogP contribution in [0.1, 0.15) is 11.1 Å². The molecule has 1 N–H and O–H groups in total. The van der Waals surface area contributed by atoms with Crippen LogP contribution >= 0.6 is 0 Å². The molecule has 0 saturated carbocycles. The predicted octanol–water partition coefficient (Wildman–Crippen LogP) is 2.62. The van der Waals surface area contributed by atoms with Crippen molar-refractivity contribution in [2.75, 3.05) is 13.7 Å². The van der Waals surface area contributed by atoms with Gasteiger partial charge < -0.3 is 14.6 Å². The smallest absolute Gasteiger partial charge is 0.168 e. The average molecular weight is 268 g/mol. The van der Waals surface area contributed by atoms with E-state index in [-0.39, 0.29) is 13.2 Å². The quantitative estimate of drug-likeness (QED) is 0.866. The second-order valence-corrected chi connectivity index (χ2v) is 4.06. The summed E-state index contributed by atoms with van der Waals surface area (Å²) in [7, 11) is 1.57. The fourth-order valence-corrected chi connectivity index (χ4v) is 1.78. The molecular weight excluding hydrogens is 252 g/mol. The largest absolute Gasteiger partial charge is 0.493 e. The molecule has 0 atom stereocenters. The van der Waals surface area contributed by atoms with Crippen LogP contribution in [-0.4, -0.2) is 18.8 Å². The molecule has 0 saturated heterocycles. The zero-order chi connectivity index (χ0) is 14.2. The van der Waals surface area contributed by atoms with E-state index in [1.165, 1.54) is 0 Å². The summed E-state index contributed by atoms with van der Waals surface area (Å²) < 4.78 is 10.8. The van der Waals surface area contributed by atoms with Crippen LogP contribution in [0, 0.1) is 11.8 Å². The lowest BCUT2D eigenvalue weighted by Gasteiger charge is -2.11. The Balaban J connectivity index is 2.06. The van der Waals surface area contributed by atoms with Gasteiger partial charge in [0.2, 0.25) is 0 Å². The van der Waals surface area contributed by atoms with E-state index in [0.29, 0.717) is 17.1 Å². The van der Waals surface area contributed by atoms with Crippen LogP contribution in [0.25, 0.3) is 0 Å². The molecule has 0 aliphatic heterocycles. The van der Waals surface area contributed by atoms with E-state index in [1.54, 1.807) is 19.2 Å². The Bertz CT molecular complexity index is 587. The Labute approximate surface area is 118 Å². The Kier molecular flexibility index (Phi) is 5.05. The number of ether oxygens (including phenoxy) is 2. The molecule has 2 rings (SSSR count). The van der Waals surface area contributed by atoms with Crippen molar-refractivity contribution < 1.29 is 14.6 Å². The third-order valence-corrected chi connectivity index (χ3v) is 2.75. The van der Waals surface area contributed by atoms with Gasteiger partial charge in [-0.1, -0.05) is 42.2 Å². The number of rotatable bonds is 4. The highest BCUT2D eigenvalue weighted by molar-refractivity contribution is 5.46. The van der Waals surface area contributed by atoms with Crippen LogP contribution in [-0.2, 0) is 6.61 Å². The van der Waals surface area contributed by atoms with Gasteiger partial charge in [-0.25, -0.2) is 0 Å². The Morgan fingerprint density at radius 1 is 1.05 bits per heavy atom. The van der Waals surface area contributed by atoms with Gasteiger partial charge in [-0.2, -0.15) is 0 Å². The minimum atomic E-state index is -0.0986. The molecule has 0 bridgehead atoms. The summed E-state index contributed by atoms with van der Waals surface area (Å²) in [5.74, 6) is 7.09. The van der Waals surface area contributed by atoms with Crippen LogP contribution < -0.4 is 9.47 Å². The maximum absolute atomic E-state index is 9.30. The Morgan fingerprint density at radius 3 is 2.55 bits per heavy atom. The first-order valence-electron chi connectivity index (χ1n) is 6.28. The van der Waals surface area contributed by atoms with Crippen LogP contribution in [0.15, 0.2) is 48.5 Å². The van der Waals surface area contributed by atoms with Crippen molar-refractivity contribution >= 4 is 0 Å². The zero-order valence-corrected chi connectivity index (χ0v) is 11.3. The zero-order valence-electron chi connectivity index (χ0n) is 11.3. The summed E-state index contributed by atoms with van der Waals surface area (Å²) in [5.41, 5.74) is 1.63. The fourth-order valence-electron chi connectivity index (χ4n) is 1.78. The molecule has 0 heterocycles. The molecule has 0 spiro atoms. The molecule has 0 aliphatic rings. The maximum Gasteiger partial charge on any atom is 0.168 e. The molecule has 2 aromatic carbocycles. The van der Waals surface area contributed by atoms with E-state index in [2.05, 4.69) is 11.8 Å². The number of aliphatic hydroxyl groups is 1. The second kappa shape index (κ2) is 7.22. The number of hydrogen-bond acceptors (Lipinski definition) is 3. The van der Waals surface area contributed by atoms with Crippen LogP contribution in [0.5, 0.6) is 11.5 Å². The van der Waals surface area contributed by atoms with Crippen LogP contribution in [0.2, 0.25) is 0 Å². The number of hydrogen-bond donors (Lipinski definition) is 1. The second-order valence-electron chi connectivity index (χ2n) is 4.06. The first-order chi connectivity index (χ1) is 9.85. The first-order valence-corrected chi connectivity index (χ1v) is 6.28. The SMILES string of the molecule is COc1cccc(CO)c1OCC#Cc1ccccc1. The minimum absolute atomic E-state index is 0.0986. The van der Waals surface area contributed by atoms with Gasteiger partial charge in [0.1, 0.15) is 6.61 Å². The van der Waals surface area contributed by atoms with E-state index in [1.807, 2.05) is 36.4 Å². The predicted molar refractivity (Wildman–Crippen MR) is 77.7 cm³/mol. The molecule has 0 aliphatic carbocycles. The molecule has 2 aromatic rings. The van der Waals surface area contributed by atoms with Gasteiger partial charge in [-0.05, 0) is 18.2 Å². The molecule has 0 fully saturated rings. The third-order valence-electron chi connectivity index (χ3n) is 2.75. The molecule has 3 heteroatoms. The number of para-hydroxylation sites is 1. The fraction of sp³-hybridized carbons (Fsp3) is 0.176. The van der Waals surface area contributed by atoms with Gasteiger partial charge in [0.05, 0.1) is 13.7 Å². The summed E-state index contributed by atoms with van der Waals surface area (Å²) in [4.78, 5) is 0. The average Bonchev–Trinajstić information content (AvgIpc) is 2.52. The molecule has 0 radical (unpaired) electrons. The minimum Gasteiger partial charge on any atom is -0.493 e. The van der Waals surface area contributed by atoms with E-state index < -0.39 is 0 Å². The lowest BCUT2D eigenvalue weighted by Crippen LogP contribution is -2.00. The Hall–Kier alpha value is -2.44. The summed E-state index contributed by atoms with van der Waals surface area (Å²) in [5, 5.41) is 9.30. The molecule has 3 nitrogen and oxygen atoms in total. The number of methoxy groups -OCH3 is 1. The third kappa shape index (κ3) is 3.53. The van der Waals surface area contributed by atoms with Crippen molar-refractivity contribution in [2.45, 2.75) is 6.61 Å². The molecule has 0 aromatic heterocycles. The topological polar surface area (TPSA) is 38.7 Å². The molecule has 0 amide bonds. The van der Waals surface area contributed by atoms with Crippen LogP contribution in [0.4, 0.5) is 0 Å². The van der Waals surface area contributed by atoms with Gasteiger partial charge in [0.25, 0.3) is 0 Å². The lowest BCUT2D eigenvalue weighted by atomic mass is 10.2. The summed E-state index contributed by atoms with van der Waals surface area (Å²) in [6, 6.07) is 15.1. The highest BCUT2D eigenvalue weighted by atomic mass is 16.5. The standard InChI is InChI=1S/C17H16O3/c1-19-16-11-5-10-15(13-18)17(16)20-12-6-9-14-7-3-2-4-8-14/h2-5,7-8,10-11,18H,12-13H2,1H3. The number of benzene rings is 2. The highest BCUT2D eigenvalue weighted by Crippen LogP contribution is 2.30. The van der Waals surface area contributed by atoms with Gasteiger partial charge in [-0.15, -0.1) is 0 Å². The normalized spacial score (nSPS) is 9.50. The monoisotopic (exact) mass is 268 g/mol. The number of aliphatic hydroxyl groups excluding tert-OH is 1. The summed E-state index contributed by atoms with van der Waals surface area (Å²) in [6.45, 7) is 0.140. The first kappa shape index (κ1) is 14.0. The summed E-state index contributed by atoms with van der Waals surface area (Å²) in [6.07, 6.45) is 0. The molecule has 20 heavy (non-hydrogen) atoms. The molecule has 0 unspecified atom stereocenters. The van der Waals surface area contributed by atoms with Crippen molar-refractivity contribution in [1.82, 2.24) is 0 Å². The van der Waals surface area contributed by atoms with E-state index in [4.69, 9.17) is 9.47 Å². The molecule has 102 valence electrons. The van der Waals surface area contributed by atoms with Crippen molar-refractivity contribution in [2.24, 2.45) is 0 Å². The van der Waals surface area contributed by atoms with Gasteiger partial charge >= 0.3 is 0 Å². The van der Waals surface area contributed by atoms with E-state index in [9.17, 15) is 5.11 Å². The van der Waals surface area contributed by atoms with Gasteiger partial charge in [0.15, 0.2) is 11.5 Å². The van der Waals surface area contributed by atoms with Crippen LogP contribution in [0.3, 0.4) is 0 Å². The van der Waals surface area contributed by atoms with Gasteiger partial charge in [0, 0.05) is 11.1 Å². The maximum atomic E-state index is 9.30. The van der Waals surface area contributed by atoms with Gasteiger partial charge in [-0.3, -0.25) is 0 Å². The van der Waals surface area contributed by atoms with Crippen molar-refractivity contribution in [3.63, 3.8) is 0 Å². The van der Waals surface area contributed by atoms with Crippen molar-refractivity contribution in [1.29, 1.82) is 0 Å². The Morgan fingerprint density at radius 2 is 1.85 bits per heavy atom. The molecular formula is C17H16O3. The highest BCUT2D eigenvalue weighted by Gasteiger charge is 2.08. The van der Waals surface area contributed by atoms with E-state index >= 15 is 0 Å². The summed E-state index contributed by atoms with van der Waals surface area (Å²) >= 11 is 0. The van der Waals surface area contributed by atoms with Crippen molar-refractivity contribution in [3.8, 4) is 23.3 Å².